The van der Waals surface area contributed by atoms with E-state index in [0.717, 1.165) is 12.1 Å². The molecule has 0 radical (unpaired) electrons. The molecular weight excluding hydrogens is 153 g/mol. The van der Waals surface area contributed by atoms with Gasteiger partial charge in [-0.3, -0.25) is 0 Å². The summed E-state index contributed by atoms with van der Waals surface area (Å²) in [6.45, 7) is 0.831. The van der Waals surface area contributed by atoms with Crippen molar-refractivity contribution in [2.75, 3.05) is 13.6 Å². The predicted octanol–water partition coefficient (Wildman–Crippen LogP) is 2.06. The molecule has 1 rings (SSSR count). The molecule has 1 aromatic rings. The van der Waals surface area contributed by atoms with Crippen molar-refractivity contribution in [2.45, 2.75) is 0 Å². The summed E-state index contributed by atoms with van der Waals surface area (Å²) in [5.41, 5.74) is 1.02. The summed E-state index contributed by atoms with van der Waals surface area (Å²) < 4.78 is 12.4. The lowest BCUT2D eigenvalue weighted by atomic mass is 10.2. The summed E-state index contributed by atoms with van der Waals surface area (Å²) in [6.07, 6.45) is 3.95. The highest BCUT2D eigenvalue weighted by atomic mass is 19.1. The van der Waals surface area contributed by atoms with E-state index < -0.39 is 0 Å². The molecule has 1 nitrogen and oxygen atoms in total. The Labute approximate surface area is 71.9 Å². The van der Waals surface area contributed by atoms with Crippen molar-refractivity contribution in [1.29, 1.82) is 0 Å². The Kier molecular flexibility index (Phi) is 3.48. The van der Waals surface area contributed by atoms with Crippen LogP contribution in [0.1, 0.15) is 5.56 Å². The van der Waals surface area contributed by atoms with Gasteiger partial charge >= 0.3 is 0 Å². The normalized spacial score (nSPS) is 10.8. The first-order valence-electron chi connectivity index (χ1n) is 3.89. The Hall–Kier alpha value is -1.15. The van der Waals surface area contributed by atoms with Crippen LogP contribution in [-0.4, -0.2) is 13.6 Å². The topological polar surface area (TPSA) is 12.0 Å². The second kappa shape index (κ2) is 4.67. The average molecular weight is 165 g/mol. The van der Waals surface area contributed by atoms with Gasteiger partial charge in [0.1, 0.15) is 5.82 Å². The smallest absolute Gasteiger partial charge is 0.123 e. The SMILES string of the molecule is CNCC=Cc1ccc(F)cc1. The summed E-state index contributed by atoms with van der Waals surface area (Å²) in [5, 5.41) is 2.99. The number of halogens is 1. The fourth-order valence-corrected chi connectivity index (χ4v) is 0.887. The maximum absolute atomic E-state index is 12.4. The third-order valence-corrected chi connectivity index (χ3v) is 1.50. The molecule has 0 bridgehead atoms. The molecule has 0 saturated heterocycles. The van der Waals surface area contributed by atoms with Crippen LogP contribution in [0, 0.1) is 5.82 Å². The van der Waals surface area contributed by atoms with E-state index in [4.69, 9.17) is 0 Å². The molecule has 64 valence electrons. The summed E-state index contributed by atoms with van der Waals surface area (Å²) in [4.78, 5) is 0. The van der Waals surface area contributed by atoms with Gasteiger partial charge in [0.2, 0.25) is 0 Å². The van der Waals surface area contributed by atoms with Gasteiger partial charge in [0.25, 0.3) is 0 Å². The number of likely N-dealkylation sites (N-methyl/N-ethyl adjacent to an activating group) is 1. The van der Waals surface area contributed by atoms with Gasteiger partial charge < -0.3 is 5.32 Å². The third-order valence-electron chi connectivity index (χ3n) is 1.50. The largest absolute Gasteiger partial charge is 0.316 e. The van der Waals surface area contributed by atoms with Gasteiger partial charge in [0.15, 0.2) is 0 Å². The van der Waals surface area contributed by atoms with Gasteiger partial charge in [-0.15, -0.1) is 0 Å². The van der Waals surface area contributed by atoms with E-state index in [-0.39, 0.29) is 5.82 Å². The Morgan fingerprint density at radius 2 is 2.00 bits per heavy atom. The van der Waals surface area contributed by atoms with Gasteiger partial charge in [-0.05, 0) is 24.7 Å². The zero-order chi connectivity index (χ0) is 8.81. The van der Waals surface area contributed by atoms with E-state index in [1.807, 2.05) is 19.2 Å². The fourth-order valence-electron chi connectivity index (χ4n) is 0.887. The van der Waals surface area contributed by atoms with Crippen molar-refractivity contribution in [3.8, 4) is 0 Å². The second-order valence-electron chi connectivity index (χ2n) is 2.51. The predicted molar refractivity (Wildman–Crippen MR) is 49.4 cm³/mol. The zero-order valence-corrected chi connectivity index (χ0v) is 7.05. The molecular formula is C10H12FN. The van der Waals surface area contributed by atoms with Crippen molar-refractivity contribution < 1.29 is 4.39 Å². The molecule has 2 heteroatoms. The lowest BCUT2D eigenvalue weighted by Gasteiger charge is -1.92. The monoisotopic (exact) mass is 165 g/mol. The standard InChI is InChI=1S/C10H12FN/c1-12-8-2-3-9-4-6-10(11)7-5-9/h2-7,12H,8H2,1H3. The summed E-state index contributed by atoms with van der Waals surface area (Å²) in [5.74, 6) is -0.194. The average Bonchev–Trinajstić information content (AvgIpc) is 2.09. The first kappa shape index (κ1) is 8.94. The molecule has 0 amide bonds. The van der Waals surface area contributed by atoms with Crippen LogP contribution in [0.15, 0.2) is 30.3 Å². The highest BCUT2D eigenvalue weighted by Crippen LogP contribution is 2.03. The lowest BCUT2D eigenvalue weighted by Crippen LogP contribution is -2.03. The van der Waals surface area contributed by atoms with E-state index in [2.05, 4.69) is 5.32 Å². The molecule has 0 aliphatic heterocycles. The van der Waals surface area contributed by atoms with Gasteiger partial charge in [0.05, 0.1) is 0 Å². The van der Waals surface area contributed by atoms with E-state index in [1.54, 1.807) is 12.1 Å². The van der Waals surface area contributed by atoms with Crippen LogP contribution in [0.3, 0.4) is 0 Å². The van der Waals surface area contributed by atoms with Crippen LogP contribution in [0.25, 0.3) is 6.08 Å². The van der Waals surface area contributed by atoms with Crippen molar-refractivity contribution in [1.82, 2.24) is 5.32 Å². The van der Waals surface area contributed by atoms with Gasteiger partial charge in [-0.1, -0.05) is 24.3 Å². The summed E-state index contributed by atoms with van der Waals surface area (Å²) >= 11 is 0. The Balaban J connectivity index is 2.58. The summed E-state index contributed by atoms with van der Waals surface area (Å²) in [7, 11) is 1.88. The van der Waals surface area contributed by atoms with Crippen LogP contribution in [-0.2, 0) is 0 Å². The van der Waals surface area contributed by atoms with Crippen LogP contribution in [0.2, 0.25) is 0 Å². The van der Waals surface area contributed by atoms with Crippen LogP contribution >= 0.6 is 0 Å². The van der Waals surface area contributed by atoms with Gasteiger partial charge in [-0.25, -0.2) is 4.39 Å². The molecule has 0 unspecified atom stereocenters. The van der Waals surface area contributed by atoms with E-state index in [1.165, 1.54) is 12.1 Å². The van der Waals surface area contributed by atoms with Gasteiger partial charge in [0, 0.05) is 6.54 Å². The zero-order valence-electron chi connectivity index (χ0n) is 7.05. The Morgan fingerprint density at radius 1 is 1.33 bits per heavy atom. The van der Waals surface area contributed by atoms with Crippen molar-refractivity contribution in [3.05, 3.63) is 41.7 Å². The molecule has 0 aromatic heterocycles. The molecule has 1 N–H and O–H groups in total. The van der Waals surface area contributed by atoms with Crippen molar-refractivity contribution in [3.63, 3.8) is 0 Å². The van der Waals surface area contributed by atoms with Gasteiger partial charge in [-0.2, -0.15) is 0 Å². The third kappa shape index (κ3) is 2.84. The number of nitrogens with one attached hydrogen (secondary N) is 1. The molecule has 1 aromatic carbocycles. The minimum Gasteiger partial charge on any atom is -0.316 e. The second-order valence-corrected chi connectivity index (χ2v) is 2.51. The Morgan fingerprint density at radius 3 is 2.58 bits per heavy atom. The molecule has 0 atom stereocenters. The minimum absolute atomic E-state index is 0.194. The number of rotatable bonds is 3. The van der Waals surface area contributed by atoms with Crippen LogP contribution in [0.5, 0.6) is 0 Å². The molecule has 12 heavy (non-hydrogen) atoms. The lowest BCUT2D eigenvalue weighted by molar-refractivity contribution is 0.628. The highest BCUT2D eigenvalue weighted by Gasteiger charge is 1.87. The molecule has 0 spiro atoms. The first-order chi connectivity index (χ1) is 5.83. The van der Waals surface area contributed by atoms with E-state index in [0.29, 0.717) is 0 Å². The Bertz CT molecular complexity index is 251. The first-order valence-corrected chi connectivity index (χ1v) is 3.89. The molecule has 0 aliphatic carbocycles. The molecule has 0 heterocycles. The maximum Gasteiger partial charge on any atom is 0.123 e. The van der Waals surface area contributed by atoms with Crippen LogP contribution in [0.4, 0.5) is 4.39 Å². The van der Waals surface area contributed by atoms with E-state index >= 15 is 0 Å². The molecule has 0 saturated carbocycles. The molecule has 0 fully saturated rings. The molecule has 0 aliphatic rings. The quantitative estimate of drug-likeness (QED) is 0.722. The fraction of sp³-hybridized carbons (Fsp3) is 0.200. The maximum atomic E-state index is 12.4. The van der Waals surface area contributed by atoms with Crippen molar-refractivity contribution >= 4 is 6.08 Å². The minimum atomic E-state index is -0.194. The van der Waals surface area contributed by atoms with E-state index in [9.17, 15) is 4.39 Å². The number of hydrogen-bond acceptors (Lipinski definition) is 1. The van der Waals surface area contributed by atoms with Crippen LogP contribution < -0.4 is 5.32 Å². The highest BCUT2D eigenvalue weighted by molar-refractivity contribution is 5.48. The number of hydrogen-bond donors (Lipinski definition) is 1. The summed E-state index contributed by atoms with van der Waals surface area (Å²) in [6, 6.07) is 6.42. The number of benzene rings is 1. The van der Waals surface area contributed by atoms with Crippen molar-refractivity contribution in [2.24, 2.45) is 0 Å².